The van der Waals surface area contributed by atoms with E-state index in [1.54, 1.807) is 11.8 Å². The molecule has 0 aromatic rings. The van der Waals surface area contributed by atoms with Gasteiger partial charge in [0.25, 0.3) is 0 Å². The Hall–Kier alpha value is -0.510. The first-order chi connectivity index (χ1) is 5.61. The van der Waals surface area contributed by atoms with Gasteiger partial charge in [-0.2, -0.15) is 16.9 Å². The first-order valence-electron chi connectivity index (χ1n) is 4.07. The number of hydrazone groups is 1. The molecule has 1 atom stereocenters. The number of rotatable bonds is 3. The SMILES string of the molecule is CC1=NNC(=O)C1CSC(C)C. The van der Waals surface area contributed by atoms with Crippen LogP contribution in [0.5, 0.6) is 0 Å². The van der Waals surface area contributed by atoms with Gasteiger partial charge in [0.2, 0.25) is 5.91 Å². The van der Waals surface area contributed by atoms with Crippen LogP contribution in [0.4, 0.5) is 0 Å². The van der Waals surface area contributed by atoms with Crippen molar-refractivity contribution in [2.75, 3.05) is 5.75 Å². The summed E-state index contributed by atoms with van der Waals surface area (Å²) < 4.78 is 0. The van der Waals surface area contributed by atoms with Crippen molar-refractivity contribution < 1.29 is 4.79 Å². The second-order valence-electron chi connectivity index (χ2n) is 3.16. The van der Waals surface area contributed by atoms with Crippen LogP contribution in [-0.4, -0.2) is 22.6 Å². The monoisotopic (exact) mass is 186 g/mol. The number of thioether (sulfide) groups is 1. The molecule has 0 saturated heterocycles. The third kappa shape index (κ3) is 2.24. The van der Waals surface area contributed by atoms with Gasteiger partial charge in [-0.1, -0.05) is 13.8 Å². The van der Waals surface area contributed by atoms with Crippen LogP contribution < -0.4 is 5.43 Å². The molecule has 12 heavy (non-hydrogen) atoms. The van der Waals surface area contributed by atoms with Gasteiger partial charge < -0.3 is 0 Å². The summed E-state index contributed by atoms with van der Waals surface area (Å²) in [5, 5.41) is 4.46. The first kappa shape index (κ1) is 9.58. The molecular weight excluding hydrogens is 172 g/mol. The minimum Gasteiger partial charge on any atom is -0.272 e. The van der Waals surface area contributed by atoms with Crippen molar-refractivity contribution >= 4 is 23.4 Å². The molecule has 1 heterocycles. The van der Waals surface area contributed by atoms with E-state index in [1.165, 1.54) is 0 Å². The Kier molecular flexibility index (Phi) is 3.14. The third-order valence-corrected chi connectivity index (χ3v) is 2.95. The van der Waals surface area contributed by atoms with E-state index >= 15 is 0 Å². The fourth-order valence-corrected chi connectivity index (χ4v) is 1.94. The highest BCUT2D eigenvalue weighted by Crippen LogP contribution is 2.17. The standard InChI is InChI=1S/C8H14N2OS/c1-5(2)12-4-7-6(3)9-10-8(7)11/h5,7H,4H2,1-3H3,(H,10,11). The van der Waals surface area contributed by atoms with Crippen molar-refractivity contribution in [1.82, 2.24) is 5.43 Å². The minimum atomic E-state index is -0.00241. The van der Waals surface area contributed by atoms with Crippen molar-refractivity contribution in [1.29, 1.82) is 0 Å². The minimum absolute atomic E-state index is 0.00241. The molecule has 1 aliphatic rings. The summed E-state index contributed by atoms with van der Waals surface area (Å²) in [4.78, 5) is 11.2. The predicted octanol–water partition coefficient (Wildman–Crippen LogP) is 1.25. The van der Waals surface area contributed by atoms with Gasteiger partial charge in [0.1, 0.15) is 0 Å². The average Bonchev–Trinajstić information content (AvgIpc) is 2.28. The Balaban J connectivity index is 2.41. The third-order valence-electron chi connectivity index (χ3n) is 1.76. The van der Waals surface area contributed by atoms with Gasteiger partial charge in [0, 0.05) is 11.5 Å². The van der Waals surface area contributed by atoms with Gasteiger partial charge >= 0.3 is 0 Å². The van der Waals surface area contributed by atoms with E-state index in [4.69, 9.17) is 0 Å². The Morgan fingerprint density at radius 2 is 2.33 bits per heavy atom. The van der Waals surface area contributed by atoms with Gasteiger partial charge in [-0.25, -0.2) is 5.43 Å². The van der Waals surface area contributed by atoms with Gasteiger partial charge in [0.15, 0.2) is 0 Å². The molecule has 1 rings (SSSR count). The predicted molar refractivity (Wildman–Crippen MR) is 52.3 cm³/mol. The normalized spacial score (nSPS) is 22.8. The van der Waals surface area contributed by atoms with E-state index in [0.29, 0.717) is 5.25 Å². The Bertz CT molecular complexity index is 213. The highest BCUT2D eigenvalue weighted by atomic mass is 32.2. The van der Waals surface area contributed by atoms with Crippen molar-refractivity contribution in [2.45, 2.75) is 26.0 Å². The summed E-state index contributed by atoms with van der Waals surface area (Å²) in [6.45, 7) is 6.15. The molecule has 1 unspecified atom stereocenters. The number of carbonyl (C=O) groups excluding carboxylic acids is 1. The number of hydrogen-bond acceptors (Lipinski definition) is 3. The quantitative estimate of drug-likeness (QED) is 0.720. The van der Waals surface area contributed by atoms with Crippen LogP contribution in [0.15, 0.2) is 5.10 Å². The van der Waals surface area contributed by atoms with E-state index in [-0.39, 0.29) is 11.8 Å². The van der Waals surface area contributed by atoms with Crippen LogP contribution in [0.1, 0.15) is 20.8 Å². The molecule has 1 amide bonds. The number of nitrogens with one attached hydrogen (secondary N) is 1. The van der Waals surface area contributed by atoms with Crippen molar-refractivity contribution in [3.05, 3.63) is 0 Å². The molecule has 0 radical (unpaired) electrons. The zero-order valence-corrected chi connectivity index (χ0v) is 8.44. The number of nitrogens with zero attached hydrogens (tertiary/aromatic N) is 1. The summed E-state index contributed by atoms with van der Waals surface area (Å²) in [5.41, 5.74) is 3.39. The molecule has 3 nitrogen and oxygen atoms in total. The molecule has 0 aromatic carbocycles. The molecule has 0 spiro atoms. The Labute approximate surface area is 77.0 Å². The molecule has 0 saturated carbocycles. The van der Waals surface area contributed by atoms with Crippen molar-refractivity contribution in [2.24, 2.45) is 11.0 Å². The fraction of sp³-hybridized carbons (Fsp3) is 0.750. The summed E-state index contributed by atoms with van der Waals surface area (Å²) in [5.74, 6) is 0.886. The van der Waals surface area contributed by atoms with E-state index in [0.717, 1.165) is 11.5 Å². The first-order valence-corrected chi connectivity index (χ1v) is 5.11. The van der Waals surface area contributed by atoms with E-state index in [9.17, 15) is 4.79 Å². The molecule has 0 aliphatic carbocycles. The van der Waals surface area contributed by atoms with Crippen molar-refractivity contribution in [3.63, 3.8) is 0 Å². The van der Waals surface area contributed by atoms with Crippen LogP contribution in [0, 0.1) is 5.92 Å². The zero-order chi connectivity index (χ0) is 9.14. The Morgan fingerprint density at radius 1 is 1.67 bits per heavy atom. The molecule has 0 aromatic heterocycles. The Morgan fingerprint density at radius 3 is 2.75 bits per heavy atom. The molecule has 1 aliphatic heterocycles. The lowest BCUT2D eigenvalue weighted by atomic mass is 10.1. The van der Waals surface area contributed by atoms with E-state index in [2.05, 4.69) is 24.4 Å². The highest BCUT2D eigenvalue weighted by molar-refractivity contribution is 7.99. The molecule has 1 N–H and O–H groups in total. The lowest BCUT2D eigenvalue weighted by Crippen LogP contribution is -2.24. The maximum absolute atomic E-state index is 11.2. The van der Waals surface area contributed by atoms with Crippen LogP contribution >= 0.6 is 11.8 Å². The van der Waals surface area contributed by atoms with Crippen LogP contribution in [0.2, 0.25) is 0 Å². The van der Waals surface area contributed by atoms with Crippen LogP contribution in [-0.2, 0) is 4.79 Å². The largest absolute Gasteiger partial charge is 0.272 e. The number of amides is 1. The fourth-order valence-electron chi connectivity index (χ4n) is 0.974. The second kappa shape index (κ2) is 3.94. The number of hydrogen-bond donors (Lipinski definition) is 1. The topological polar surface area (TPSA) is 41.5 Å². The van der Waals surface area contributed by atoms with Gasteiger partial charge in [-0.3, -0.25) is 4.79 Å². The number of carbonyl (C=O) groups is 1. The molecule has 68 valence electrons. The van der Waals surface area contributed by atoms with E-state index in [1.807, 2.05) is 6.92 Å². The van der Waals surface area contributed by atoms with E-state index < -0.39 is 0 Å². The lowest BCUT2D eigenvalue weighted by Gasteiger charge is -2.08. The average molecular weight is 186 g/mol. The van der Waals surface area contributed by atoms with Crippen LogP contribution in [0.25, 0.3) is 0 Å². The molecule has 0 bridgehead atoms. The molecule has 0 fully saturated rings. The summed E-state index contributed by atoms with van der Waals surface area (Å²) in [7, 11) is 0. The maximum atomic E-state index is 11.2. The van der Waals surface area contributed by atoms with Crippen molar-refractivity contribution in [3.8, 4) is 0 Å². The van der Waals surface area contributed by atoms with Crippen LogP contribution in [0.3, 0.4) is 0 Å². The summed E-state index contributed by atoms with van der Waals surface area (Å²) >= 11 is 1.79. The lowest BCUT2D eigenvalue weighted by molar-refractivity contribution is -0.121. The molecule has 4 heteroatoms. The maximum Gasteiger partial charge on any atom is 0.249 e. The smallest absolute Gasteiger partial charge is 0.249 e. The van der Waals surface area contributed by atoms with Gasteiger partial charge in [-0.05, 0) is 12.2 Å². The zero-order valence-electron chi connectivity index (χ0n) is 7.63. The van der Waals surface area contributed by atoms with Gasteiger partial charge in [0.05, 0.1) is 5.92 Å². The summed E-state index contributed by atoms with van der Waals surface area (Å²) in [6, 6.07) is 0. The second-order valence-corrected chi connectivity index (χ2v) is 4.77. The summed E-state index contributed by atoms with van der Waals surface area (Å²) in [6.07, 6.45) is 0. The molecular formula is C8H14N2OS. The van der Waals surface area contributed by atoms with Gasteiger partial charge in [-0.15, -0.1) is 0 Å². The highest BCUT2D eigenvalue weighted by Gasteiger charge is 2.26.